The van der Waals surface area contributed by atoms with Gasteiger partial charge < -0.3 is 9.84 Å². The number of aromatic nitrogens is 4. The number of hydrogen-bond acceptors (Lipinski definition) is 6. The van der Waals surface area contributed by atoms with Gasteiger partial charge in [0, 0.05) is 0 Å². The third-order valence-corrected chi connectivity index (χ3v) is 5.09. The number of H-pyrrole nitrogens is 1. The molecule has 28 heavy (non-hydrogen) atoms. The highest BCUT2D eigenvalue weighted by Crippen LogP contribution is 2.55. The van der Waals surface area contributed by atoms with Crippen molar-refractivity contribution in [1.29, 1.82) is 0 Å². The summed E-state index contributed by atoms with van der Waals surface area (Å²) >= 11 is 0. The van der Waals surface area contributed by atoms with Crippen molar-refractivity contribution in [3.63, 3.8) is 0 Å². The normalized spacial score (nSPS) is 17.2. The Kier molecular flexibility index (Phi) is 4.18. The molecular weight excluding hydrogens is 360 g/mol. The number of carboxylic acid groups (broad SMARTS) is 1. The smallest absolute Gasteiger partial charge is 0.335 e. The highest BCUT2D eigenvalue weighted by atomic mass is 16.5. The van der Waals surface area contributed by atoms with Crippen molar-refractivity contribution in [2.24, 2.45) is 5.92 Å². The lowest BCUT2D eigenvalue weighted by atomic mass is 9.71. The largest absolute Gasteiger partial charge is 0.478 e. The average Bonchev–Trinajstić information content (AvgIpc) is 3.28. The van der Waals surface area contributed by atoms with Gasteiger partial charge in [-0.3, -0.25) is 4.79 Å². The predicted octanol–water partition coefficient (Wildman–Crippen LogP) is 2.79. The first-order chi connectivity index (χ1) is 13.5. The summed E-state index contributed by atoms with van der Waals surface area (Å²) in [6.07, 6.45) is 0.701. The van der Waals surface area contributed by atoms with Crippen LogP contribution >= 0.6 is 0 Å². The minimum atomic E-state index is -1.01. The monoisotopic (exact) mass is 378 g/mol. The van der Waals surface area contributed by atoms with Crippen molar-refractivity contribution in [2.45, 2.75) is 25.7 Å². The third kappa shape index (κ3) is 2.57. The summed E-state index contributed by atoms with van der Waals surface area (Å²) in [4.78, 5) is 22.3. The molecule has 0 saturated heterocycles. The maximum Gasteiger partial charge on any atom is 0.335 e. The number of fused-ring (bicyclic) bond motifs is 3. The Bertz CT molecular complexity index is 1060. The van der Waals surface area contributed by atoms with Crippen LogP contribution in [0.1, 0.15) is 47.6 Å². The molecule has 1 aliphatic carbocycles. The molecule has 0 aliphatic heterocycles. The Hall–Kier alpha value is -3.55. The van der Waals surface area contributed by atoms with Gasteiger partial charge in [0.15, 0.2) is 5.82 Å². The first-order valence-electron chi connectivity index (χ1n) is 8.84. The molecule has 0 bridgehead atoms. The number of aromatic carboxylic acids is 1. The zero-order chi connectivity index (χ0) is 19.9. The van der Waals surface area contributed by atoms with E-state index in [9.17, 15) is 14.7 Å². The van der Waals surface area contributed by atoms with Gasteiger partial charge in [-0.1, -0.05) is 31.2 Å². The highest BCUT2D eigenvalue weighted by molar-refractivity contribution is 5.93. The van der Waals surface area contributed by atoms with E-state index >= 15 is 0 Å². The molecule has 2 N–H and O–H groups in total. The van der Waals surface area contributed by atoms with Crippen LogP contribution in [0.3, 0.4) is 0 Å². The lowest BCUT2D eigenvalue weighted by molar-refractivity contribution is -0.120. The van der Waals surface area contributed by atoms with Crippen LogP contribution in [0.2, 0.25) is 0 Å². The van der Waals surface area contributed by atoms with Crippen LogP contribution < -0.4 is 4.74 Å². The van der Waals surface area contributed by atoms with E-state index in [-0.39, 0.29) is 5.56 Å². The molecule has 1 heterocycles. The van der Waals surface area contributed by atoms with Crippen molar-refractivity contribution in [3.05, 3.63) is 58.9 Å². The minimum Gasteiger partial charge on any atom is -0.478 e. The molecule has 1 unspecified atom stereocenters. The number of nitrogens with one attached hydrogen (secondary N) is 1. The van der Waals surface area contributed by atoms with Gasteiger partial charge in [0.2, 0.25) is 0 Å². The van der Waals surface area contributed by atoms with Gasteiger partial charge in [-0.2, -0.15) is 5.21 Å². The van der Waals surface area contributed by atoms with Gasteiger partial charge in [-0.15, -0.1) is 10.2 Å². The second kappa shape index (κ2) is 6.56. The number of carbonyl (C=O) groups is 2. The molecule has 1 atom stereocenters. The van der Waals surface area contributed by atoms with E-state index in [4.69, 9.17) is 4.74 Å². The Morgan fingerprint density at radius 2 is 1.93 bits per heavy atom. The van der Waals surface area contributed by atoms with E-state index in [0.29, 0.717) is 30.4 Å². The standard InChI is InChI=1S/C20H18N4O4/c1-11(2)9-20(19-21-23-24-22-19)16-5-3-12(18(26)27)7-14(16)15-8-13(28-10-25)4-6-17(15)20/h3-8,10-11H,9H2,1-2H3,(H,26,27)(H,21,22,23,24). The fraction of sp³-hybridized carbons (Fsp3) is 0.250. The van der Waals surface area contributed by atoms with Crippen LogP contribution in [-0.2, 0) is 10.2 Å². The maximum atomic E-state index is 11.5. The summed E-state index contributed by atoms with van der Waals surface area (Å²) < 4.78 is 5.02. The molecule has 0 fully saturated rings. The van der Waals surface area contributed by atoms with Gasteiger partial charge in [-0.05, 0) is 58.9 Å². The molecule has 3 aromatic rings. The van der Waals surface area contributed by atoms with Crippen molar-refractivity contribution >= 4 is 12.4 Å². The van der Waals surface area contributed by atoms with Gasteiger partial charge in [0.05, 0.1) is 11.0 Å². The molecule has 8 nitrogen and oxygen atoms in total. The Morgan fingerprint density at radius 1 is 1.21 bits per heavy atom. The summed E-state index contributed by atoms with van der Waals surface area (Å²) in [5, 5.41) is 24.3. The molecule has 2 aromatic carbocycles. The second-order valence-corrected chi connectivity index (χ2v) is 7.23. The van der Waals surface area contributed by atoms with Crippen LogP contribution in [0.4, 0.5) is 0 Å². The predicted molar refractivity (Wildman–Crippen MR) is 99.0 cm³/mol. The molecule has 8 heteroatoms. The summed E-state index contributed by atoms with van der Waals surface area (Å²) in [5.74, 6) is 0.190. The van der Waals surface area contributed by atoms with E-state index in [0.717, 1.165) is 22.3 Å². The van der Waals surface area contributed by atoms with Crippen molar-refractivity contribution in [2.75, 3.05) is 0 Å². The van der Waals surface area contributed by atoms with Crippen LogP contribution in [0, 0.1) is 5.92 Å². The van der Waals surface area contributed by atoms with Crippen molar-refractivity contribution < 1.29 is 19.4 Å². The van der Waals surface area contributed by atoms with Crippen molar-refractivity contribution in [1.82, 2.24) is 20.6 Å². The summed E-state index contributed by atoms with van der Waals surface area (Å²) in [6, 6.07) is 10.4. The van der Waals surface area contributed by atoms with E-state index in [1.807, 2.05) is 12.1 Å². The summed E-state index contributed by atoms with van der Waals surface area (Å²) in [5.41, 5.74) is 2.89. The first-order valence-corrected chi connectivity index (χ1v) is 8.84. The Morgan fingerprint density at radius 3 is 2.54 bits per heavy atom. The lowest BCUT2D eigenvalue weighted by Gasteiger charge is -2.30. The SMILES string of the molecule is CC(C)CC1(c2nn[nH]n2)c2ccc(OC=O)cc2-c2cc(C(=O)O)ccc21. The number of tetrazole rings is 1. The van der Waals surface area contributed by atoms with Gasteiger partial charge >= 0.3 is 5.97 Å². The molecule has 142 valence electrons. The molecular formula is C20H18N4O4. The second-order valence-electron chi connectivity index (χ2n) is 7.23. The molecule has 4 rings (SSSR count). The number of nitrogens with zero attached hydrogens (tertiary/aromatic N) is 3. The third-order valence-electron chi connectivity index (χ3n) is 5.09. The topological polar surface area (TPSA) is 118 Å². The summed E-state index contributed by atoms with van der Waals surface area (Å²) in [6.45, 7) is 4.58. The lowest BCUT2D eigenvalue weighted by Crippen LogP contribution is -2.30. The zero-order valence-corrected chi connectivity index (χ0v) is 15.3. The molecule has 1 aliphatic rings. The van der Waals surface area contributed by atoms with Crippen LogP contribution in [0.5, 0.6) is 5.75 Å². The molecule has 1 aromatic heterocycles. The highest BCUT2D eigenvalue weighted by Gasteiger charge is 2.48. The number of hydrogen-bond donors (Lipinski definition) is 2. The zero-order valence-electron chi connectivity index (χ0n) is 15.3. The van der Waals surface area contributed by atoms with Crippen LogP contribution in [0.15, 0.2) is 36.4 Å². The van der Waals surface area contributed by atoms with Gasteiger partial charge in [0.1, 0.15) is 5.75 Å². The fourth-order valence-electron chi connectivity index (χ4n) is 4.17. The quantitative estimate of drug-likeness (QED) is 0.633. The number of carboxylic acids is 1. The number of ether oxygens (including phenoxy) is 1. The molecule has 0 saturated carbocycles. The van der Waals surface area contributed by atoms with E-state index < -0.39 is 11.4 Å². The fourth-order valence-corrected chi connectivity index (χ4v) is 4.17. The van der Waals surface area contributed by atoms with Crippen LogP contribution in [0.25, 0.3) is 11.1 Å². The van der Waals surface area contributed by atoms with E-state index in [2.05, 4.69) is 34.5 Å². The number of benzene rings is 2. The van der Waals surface area contributed by atoms with E-state index in [1.165, 1.54) is 0 Å². The Balaban J connectivity index is 2.06. The van der Waals surface area contributed by atoms with Gasteiger partial charge in [0.25, 0.3) is 6.47 Å². The number of aromatic amines is 1. The molecule has 0 amide bonds. The van der Waals surface area contributed by atoms with Crippen LogP contribution in [-0.4, -0.2) is 38.2 Å². The van der Waals surface area contributed by atoms with E-state index in [1.54, 1.807) is 24.3 Å². The summed E-state index contributed by atoms with van der Waals surface area (Å²) in [7, 11) is 0. The molecule has 0 radical (unpaired) electrons. The van der Waals surface area contributed by atoms with Gasteiger partial charge in [-0.25, -0.2) is 4.79 Å². The minimum absolute atomic E-state index is 0.180. The van der Waals surface area contributed by atoms with Crippen molar-refractivity contribution in [3.8, 4) is 16.9 Å². The average molecular weight is 378 g/mol. The number of carbonyl (C=O) groups excluding carboxylic acids is 1. The maximum absolute atomic E-state index is 11.5. The number of rotatable bonds is 6. The Labute approximate surface area is 160 Å². The molecule has 0 spiro atoms. The first kappa shape index (κ1) is 17.8.